The number of anilines is 3. The number of hydrogen-bond acceptors (Lipinski definition) is 6. The van der Waals surface area contributed by atoms with Crippen LogP contribution in [-0.4, -0.2) is 52.7 Å². The molecule has 0 saturated carbocycles. The van der Waals surface area contributed by atoms with Crippen molar-refractivity contribution in [2.24, 2.45) is 0 Å². The molecule has 5 rings (SSSR count). The predicted octanol–water partition coefficient (Wildman–Crippen LogP) is 4.26. The van der Waals surface area contributed by atoms with Crippen molar-refractivity contribution >= 4 is 34.0 Å². The molecule has 8 nitrogen and oxygen atoms in total. The largest absolute Gasteiger partial charge is 0.369 e. The maximum absolute atomic E-state index is 13.3. The molecule has 8 heteroatoms. The average Bonchev–Trinajstić information content (AvgIpc) is 2.92. The topological polar surface area (TPSA) is 70.7 Å². The maximum Gasteiger partial charge on any atom is 0.268 e. The lowest BCUT2D eigenvalue weighted by Gasteiger charge is -2.34. The lowest BCUT2D eigenvalue weighted by molar-refractivity contribution is 0.313. The van der Waals surface area contributed by atoms with Crippen LogP contribution in [0, 0.1) is 18.4 Å². The predicted molar refractivity (Wildman–Crippen MR) is 148 cm³/mol. The Hall–Kier alpha value is -4.66. The van der Waals surface area contributed by atoms with E-state index < -0.39 is 0 Å². The fourth-order valence-electron chi connectivity index (χ4n) is 4.46. The molecule has 2 aromatic heterocycles. The van der Waals surface area contributed by atoms with Crippen molar-refractivity contribution in [1.82, 2.24) is 19.4 Å². The summed E-state index contributed by atoms with van der Waals surface area (Å²) in [4.78, 5) is 30.9. The molecule has 3 heterocycles. The summed E-state index contributed by atoms with van der Waals surface area (Å²) in [5.41, 5.74) is 3.91. The lowest BCUT2D eigenvalue weighted by Crippen LogP contribution is -2.44. The van der Waals surface area contributed by atoms with Crippen LogP contribution in [-0.2, 0) is 6.54 Å². The van der Waals surface area contributed by atoms with Crippen molar-refractivity contribution in [1.29, 1.82) is 0 Å². The van der Waals surface area contributed by atoms with E-state index in [2.05, 4.69) is 56.0 Å². The molecule has 0 amide bonds. The molecule has 1 saturated heterocycles. The number of pyridine rings is 1. The Balaban J connectivity index is 1.48. The molecular weight excluding hydrogens is 462 g/mol. The van der Waals surface area contributed by atoms with E-state index in [1.807, 2.05) is 30.3 Å². The lowest BCUT2D eigenvalue weighted by atomic mass is 10.1. The Morgan fingerprint density at radius 1 is 1.08 bits per heavy atom. The van der Waals surface area contributed by atoms with E-state index in [1.165, 1.54) is 5.69 Å². The molecule has 1 aliphatic rings. The first-order valence-corrected chi connectivity index (χ1v) is 12.1. The third-order valence-corrected chi connectivity index (χ3v) is 6.52. The smallest absolute Gasteiger partial charge is 0.268 e. The Kier molecular flexibility index (Phi) is 6.85. The van der Waals surface area contributed by atoms with Crippen molar-refractivity contribution in [2.45, 2.75) is 13.5 Å². The molecule has 4 aromatic rings. The molecule has 0 bridgehead atoms. The Bertz CT molecular complexity index is 1600. The molecule has 0 radical (unpaired) electrons. The van der Waals surface area contributed by atoms with E-state index in [9.17, 15) is 4.79 Å². The number of rotatable bonds is 5. The van der Waals surface area contributed by atoms with Crippen LogP contribution in [0.1, 0.15) is 18.1 Å². The van der Waals surface area contributed by atoms with Crippen molar-refractivity contribution in [3.05, 3.63) is 93.7 Å². The second kappa shape index (κ2) is 10.5. The number of para-hydroxylation sites is 1. The monoisotopic (exact) mass is 489 g/mol. The van der Waals surface area contributed by atoms with Crippen LogP contribution in [0.2, 0.25) is 0 Å². The fourth-order valence-corrected chi connectivity index (χ4v) is 4.46. The zero-order valence-corrected chi connectivity index (χ0v) is 20.9. The van der Waals surface area contributed by atoms with E-state index in [0.717, 1.165) is 37.4 Å². The molecule has 184 valence electrons. The van der Waals surface area contributed by atoms with Gasteiger partial charge in [-0.2, -0.15) is 4.98 Å². The number of fused-ring (bicyclic) bond motifs is 1. The van der Waals surface area contributed by atoms with E-state index in [1.54, 1.807) is 29.8 Å². The summed E-state index contributed by atoms with van der Waals surface area (Å²) in [5.74, 6) is 6.09. The quantitative estimate of drug-likeness (QED) is 0.334. The summed E-state index contributed by atoms with van der Waals surface area (Å²) < 4.78 is 1.57. The van der Waals surface area contributed by atoms with Crippen molar-refractivity contribution in [2.75, 3.05) is 43.4 Å². The van der Waals surface area contributed by atoms with Gasteiger partial charge in [-0.15, -0.1) is 5.92 Å². The van der Waals surface area contributed by atoms with Gasteiger partial charge in [-0.3, -0.25) is 9.36 Å². The minimum atomic E-state index is -0.247. The zero-order valence-electron chi connectivity index (χ0n) is 20.9. The number of piperazine rings is 1. The number of nitrogens with zero attached hydrogens (tertiary/aromatic N) is 6. The number of hydrogen-bond donors (Lipinski definition) is 1. The number of aromatic nitrogens is 3. The van der Waals surface area contributed by atoms with Gasteiger partial charge in [-0.25, -0.2) is 9.83 Å². The Morgan fingerprint density at radius 3 is 2.57 bits per heavy atom. The van der Waals surface area contributed by atoms with Gasteiger partial charge < -0.3 is 15.1 Å². The number of likely N-dealkylation sites (N-methyl/N-ethyl adjacent to an activating group) is 1. The maximum atomic E-state index is 13.3. The standard InChI is InChI=1S/C29H27N7O/c1-4-7-21-18-23-19-31-29(32-24-10-12-25(13-11-24)35-16-14-34(3)15-17-35)33-27(23)36(28(21)37)20-22-8-5-6-9-26(22)30-2/h5-6,8-13,18-19H,14-17,20H2,1,3H3,(H,31,32,33). The minimum absolute atomic E-state index is 0.212. The number of nitrogens with one attached hydrogen (secondary N) is 1. The van der Waals surface area contributed by atoms with Crippen molar-refractivity contribution in [3.63, 3.8) is 0 Å². The summed E-state index contributed by atoms with van der Waals surface area (Å²) >= 11 is 0. The molecule has 0 aliphatic carbocycles. The van der Waals surface area contributed by atoms with Gasteiger partial charge in [0.15, 0.2) is 5.69 Å². The van der Waals surface area contributed by atoms with Gasteiger partial charge in [0.1, 0.15) is 5.65 Å². The molecule has 2 aromatic carbocycles. The van der Waals surface area contributed by atoms with Gasteiger partial charge in [-0.05, 0) is 49.9 Å². The summed E-state index contributed by atoms with van der Waals surface area (Å²) in [5, 5.41) is 3.97. The molecule has 0 unspecified atom stereocenters. The van der Waals surface area contributed by atoms with Gasteiger partial charge in [0.05, 0.1) is 12.1 Å². The molecule has 37 heavy (non-hydrogen) atoms. The van der Waals surface area contributed by atoms with E-state index in [4.69, 9.17) is 11.6 Å². The summed E-state index contributed by atoms with van der Waals surface area (Å²) in [6.07, 6.45) is 1.70. The van der Waals surface area contributed by atoms with Crippen molar-refractivity contribution < 1.29 is 0 Å². The zero-order chi connectivity index (χ0) is 25.8. The van der Waals surface area contributed by atoms with Crippen LogP contribution in [0.5, 0.6) is 0 Å². The van der Waals surface area contributed by atoms with E-state index in [-0.39, 0.29) is 12.1 Å². The molecule has 1 N–H and O–H groups in total. The SMILES string of the molecule is [C-]#[N+]c1ccccc1Cn1c(=O)c(C#CC)cc2cnc(Nc3ccc(N4CCN(C)CC4)cc3)nc21. The Labute approximate surface area is 216 Å². The highest BCUT2D eigenvalue weighted by Gasteiger charge is 2.15. The van der Waals surface area contributed by atoms with Crippen LogP contribution in [0.15, 0.2) is 65.6 Å². The van der Waals surface area contributed by atoms with Crippen LogP contribution in [0.4, 0.5) is 23.0 Å². The summed E-state index contributed by atoms with van der Waals surface area (Å²) in [7, 11) is 2.15. The van der Waals surface area contributed by atoms with Crippen LogP contribution in [0.3, 0.4) is 0 Å². The van der Waals surface area contributed by atoms with Gasteiger partial charge in [-0.1, -0.05) is 30.2 Å². The van der Waals surface area contributed by atoms with Gasteiger partial charge in [0.2, 0.25) is 5.95 Å². The van der Waals surface area contributed by atoms with Gasteiger partial charge in [0.25, 0.3) is 5.56 Å². The first kappa shape index (κ1) is 24.1. The first-order valence-electron chi connectivity index (χ1n) is 12.1. The second-order valence-corrected chi connectivity index (χ2v) is 9.00. The normalized spacial score (nSPS) is 13.6. The molecule has 0 atom stereocenters. The molecule has 1 fully saturated rings. The third kappa shape index (κ3) is 5.16. The fraction of sp³-hybridized carbons (Fsp3) is 0.241. The highest BCUT2D eigenvalue weighted by atomic mass is 16.1. The van der Waals surface area contributed by atoms with E-state index in [0.29, 0.717) is 28.2 Å². The van der Waals surface area contributed by atoms with Crippen molar-refractivity contribution in [3.8, 4) is 11.8 Å². The highest BCUT2D eigenvalue weighted by Crippen LogP contribution is 2.23. The number of benzene rings is 2. The van der Waals surface area contributed by atoms with Crippen LogP contribution in [0.25, 0.3) is 15.9 Å². The summed E-state index contributed by atoms with van der Waals surface area (Å²) in [6.45, 7) is 13.5. The van der Waals surface area contributed by atoms with E-state index >= 15 is 0 Å². The Morgan fingerprint density at radius 2 is 1.84 bits per heavy atom. The average molecular weight is 490 g/mol. The second-order valence-electron chi connectivity index (χ2n) is 9.00. The van der Waals surface area contributed by atoms with Crippen LogP contribution < -0.4 is 15.8 Å². The first-order chi connectivity index (χ1) is 18.1. The third-order valence-electron chi connectivity index (χ3n) is 6.52. The minimum Gasteiger partial charge on any atom is -0.369 e. The highest BCUT2D eigenvalue weighted by molar-refractivity contribution is 5.78. The van der Waals surface area contributed by atoms with Gasteiger partial charge in [0, 0.05) is 55.7 Å². The molecule has 0 spiro atoms. The molecular formula is C29H27N7O. The van der Waals surface area contributed by atoms with Crippen LogP contribution >= 0.6 is 0 Å². The summed E-state index contributed by atoms with van der Waals surface area (Å²) in [6, 6.07) is 17.2. The van der Waals surface area contributed by atoms with Gasteiger partial charge >= 0.3 is 0 Å². The molecule has 1 aliphatic heterocycles.